The number of carbonyl (C=O) groups is 1. The first-order valence-corrected chi connectivity index (χ1v) is 5.08. The van der Waals surface area contributed by atoms with Crippen molar-refractivity contribution in [3.8, 4) is 5.75 Å². The van der Waals surface area contributed by atoms with Gasteiger partial charge in [0.05, 0.1) is 12.3 Å². The summed E-state index contributed by atoms with van der Waals surface area (Å²) < 4.78 is 54.5. The van der Waals surface area contributed by atoms with Crippen LogP contribution in [0.4, 0.5) is 23.2 Å². The summed E-state index contributed by atoms with van der Waals surface area (Å²) in [4.78, 5) is 11.0. The van der Waals surface area contributed by atoms with Crippen LogP contribution in [0.25, 0.3) is 0 Å². The van der Waals surface area contributed by atoms with Gasteiger partial charge >= 0.3 is 18.3 Å². The number of anilines is 1. The minimum Gasteiger partial charge on any atom is -0.492 e. The standard InChI is InChI=1S/C11H11F4NO2/c1-2-18-8-6-4-3-5-7(8)16-10(17)11(14,15)9(12)13/h3-6,9H,2H2,1H3,(H,16,17). The number of hydrogen-bond acceptors (Lipinski definition) is 2. The molecule has 1 aromatic rings. The van der Waals surface area contributed by atoms with Crippen molar-refractivity contribution in [3.05, 3.63) is 24.3 Å². The number of para-hydroxylation sites is 2. The second-order valence-corrected chi connectivity index (χ2v) is 3.31. The highest BCUT2D eigenvalue weighted by Gasteiger charge is 2.49. The van der Waals surface area contributed by atoms with Gasteiger partial charge in [-0.1, -0.05) is 12.1 Å². The molecule has 0 unspecified atom stereocenters. The van der Waals surface area contributed by atoms with Gasteiger partial charge in [-0.05, 0) is 19.1 Å². The molecular formula is C11H11F4NO2. The van der Waals surface area contributed by atoms with Crippen LogP contribution in [0.3, 0.4) is 0 Å². The van der Waals surface area contributed by atoms with E-state index in [0.717, 1.165) is 0 Å². The minimum atomic E-state index is -4.74. The number of benzene rings is 1. The Balaban J connectivity index is 2.88. The van der Waals surface area contributed by atoms with Crippen molar-refractivity contribution < 1.29 is 27.1 Å². The summed E-state index contributed by atoms with van der Waals surface area (Å²) in [6, 6.07) is 5.73. The highest BCUT2D eigenvalue weighted by molar-refractivity contribution is 5.97. The number of alkyl halides is 4. The molecule has 0 aromatic heterocycles. The SMILES string of the molecule is CCOc1ccccc1NC(=O)C(F)(F)C(F)F. The molecule has 0 atom stereocenters. The van der Waals surface area contributed by atoms with Gasteiger partial charge < -0.3 is 10.1 Å². The Bertz CT molecular complexity index is 423. The molecule has 1 N–H and O–H groups in total. The zero-order valence-corrected chi connectivity index (χ0v) is 9.42. The smallest absolute Gasteiger partial charge is 0.383 e. The van der Waals surface area contributed by atoms with E-state index in [0.29, 0.717) is 0 Å². The lowest BCUT2D eigenvalue weighted by Gasteiger charge is -2.16. The van der Waals surface area contributed by atoms with Gasteiger partial charge in [0.2, 0.25) is 0 Å². The molecule has 1 aromatic carbocycles. The van der Waals surface area contributed by atoms with E-state index in [1.54, 1.807) is 18.3 Å². The monoisotopic (exact) mass is 265 g/mol. The third-order valence-electron chi connectivity index (χ3n) is 2.01. The topological polar surface area (TPSA) is 38.3 Å². The maximum atomic E-state index is 12.7. The lowest BCUT2D eigenvalue weighted by Crippen LogP contribution is -2.41. The maximum absolute atomic E-state index is 12.7. The average molecular weight is 265 g/mol. The van der Waals surface area contributed by atoms with Crippen molar-refractivity contribution >= 4 is 11.6 Å². The Morgan fingerprint density at radius 2 is 2.00 bits per heavy atom. The van der Waals surface area contributed by atoms with E-state index < -0.39 is 18.3 Å². The number of rotatable bonds is 5. The Morgan fingerprint density at radius 3 is 2.56 bits per heavy atom. The summed E-state index contributed by atoms with van der Waals surface area (Å²) in [5, 5.41) is 1.72. The summed E-state index contributed by atoms with van der Waals surface area (Å²) in [6.07, 6.45) is -4.06. The van der Waals surface area contributed by atoms with Gasteiger partial charge in [0, 0.05) is 0 Å². The van der Waals surface area contributed by atoms with E-state index in [1.165, 1.54) is 18.2 Å². The lowest BCUT2D eigenvalue weighted by atomic mass is 10.2. The molecule has 0 radical (unpaired) electrons. The van der Waals surface area contributed by atoms with Crippen molar-refractivity contribution in [1.29, 1.82) is 0 Å². The van der Waals surface area contributed by atoms with E-state index in [9.17, 15) is 22.4 Å². The largest absolute Gasteiger partial charge is 0.492 e. The van der Waals surface area contributed by atoms with Crippen LogP contribution >= 0.6 is 0 Å². The molecule has 0 aliphatic rings. The molecule has 0 aliphatic carbocycles. The fourth-order valence-corrected chi connectivity index (χ4v) is 1.16. The van der Waals surface area contributed by atoms with Crippen LogP contribution < -0.4 is 10.1 Å². The molecule has 0 saturated carbocycles. The van der Waals surface area contributed by atoms with E-state index in [1.807, 2.05) is 0 Å². The fourth-order valence-electron chi connectivity index (χ4n) is 1.16. The summed E-state index contributed by atoms with van der Waals surface area (Å²) in [6.45, 7) is 1.91. The van der Waals surface area contributed by atoms with Crippen molar-refractivity contribution in [1.82, 2.24) is 0 Å². The second kappa shape index (κ2) is 5.70. The number of amides is 1. The van der Waals surface area contributed by atoms with Gasteiger partial charge in [-0.15, -0.1) is 0 Å². The van der Waals surface area contributed by atoms with Crippen LogP contribution in [0.15, 0.2) is 24.3 Å². The molecule has 7 heteroatoms. The number of hydrogen-bond donors (Lipinski definition) is 1. The van der Waals surface area contributed by atoms with Gasteiger partial charge in [-0.2, -0.15) is 8.78 Å². The predicted octanol–water partition coefficient (Wildman–Crippen LogP) is 2.92. The molecule has 0 fully saturated rings. The zero-order chi connectivity index (χ0) is 13.8. The van der Waals surface area contributed by atoms with Crippen LogP contribution in [0.5, 0.6) is 5.75 Å². The Kier molecular flexibility index (Phi) is 4.52. The van der Waals surface area contributed by atoms with Gasteiger partial charge in [-0.25, -0.2) is 8.78 Å². The third-order valence-corrected chi connectivity index (χ3v) is 2.01. The number of ether oxygens (including phenoxy) is 1. The molecule has 0 heterocycles. The molecule has 100 valence electrons. The molecule has 0 aliphatic heterocycles. The summed E-state index contributed by atoms with van der Waals surface area (Å²) in [5.74, 6) is -6.66. The van der Waals surface area contributed by atoms with E-state index in [4.69, 9.17) is 4.74 Å². The average Bonchev–Trinajstić information content (AvgIpc) is 2.31. The molecule has 0 spiro atoms. The van der Waals surface area contributed by atoms with Crippen LogP contribution in [-0.2, 0) is 4.79 Å². The van der Waals surface area contributed by atoms with E-state index >= 15 is 0 Å². The maximum Gasteiger partial charge on any atom is 0.383 e. The van der Waals surface area contributed by atoms with Crippen LogP contribution in [-0.4, -0.2) is 24.9 Å². The molecular weight excluding hydrogens is 254 g/mol. The molecule has 1 rings (SSSR count). The quantitative estimate of drug-likeness (QED) is 0.831. The zero-order valence-electron chi connectivity index (χ0n) is 9.42. The Morgan fingerprint density at radius 1 is 1.39 bits per heavy atom. The van der Waals surface area contributed by atoms with Crippen LogP contribution in [0.1, 0.15) is 6.92 Å². The molecule has 18 heavy (non-hydrogen) atoms. The molecule has 1 amide bonds. The van der Waals surface area contributed by atoms with Gasteiger partial charge in [0.15, 0.2) is 0 Å². The van der Waals surface area contributed by atoms with Gasteiger partial charge in [0.25, 0.3) is 0 Å². The first-order chi connectivity index (χ1) is 8.39. The molecule has 0 bridgehead atoms. The Labute approximate surface area is 101 Å². The third kappa shape index (κ3) is 3.12. The number of carbonyl (C=O) groups excluding carboxylic acids is 1. The van der Waals surface area contributed by atoms with E-state index in [-0.39, 0.29) is 18.0 Å². The van der Waals surface area contributed by atoms with Crippen molar-refractivity contribution in [3.63, 3.8) is 0 Å². The molecule has 0 saturated heterocycles. The molecule has 3 nitrogen and oxygen atoms in total. The summed E-state index contributed by atoms with van der Waals surface area (Å²) >= 11 is 0. The number of halogens is 4. The lowest BCUT2D eigenvalue weighted by molar-refractivity contribution is -0.163. The van der Waals surface area contributed by atoms with Crippen molar-refractivity contribution in [2.75, 3.05) is 11.9 Å². The highest BCUT2D eigenvalue weighted by Crippen LogP contribution is 2.28. The predicted molar refractivity (Wildman–Crippen MR) is 57.2 cm³/mol. The first-order valence-electron chi connectivity index (χ1n) is 5.08. The normalized spacial score (nSPS) is 11.4. The van der Waals surface area contributed by atoms with Crippen molar-refractivity contribution in [2.24, 2.45) is 0 Å². The summed E-state index contributed by atoms with van der Waals surface area (Å²) in [5.41, 5.74) is -0.0790. The Hall–Kier alpha value is -1.79. The second-order valence-electron chi connectivity index (χ2n) is 3.31. The minimum absolute atomic E-state index is 0.0790. The van der Waals surface area contributed by atoms with Gasteiger partial charge in [0.1, 0.15) is 5.75 Å². The van der Waals surface area contributed by atoms with Gasteiger partial charge in [-0.3, -0.25) is 4.79 Å². The van der Waals surface area contributed by atoms with Crippen molar-refractivity contribution in [2.45, 2.75) is 19.3 Å². The first kappa shape index (κ1) is 14.3. The van der Waals surface area contributed by atoms with Crippen LogP contribution in [0.2, 0.25) is 0 Å². The fraction of sp³-hybridized carbons (Fsp3) is 0.364. The summed E-state index contributed by atoms with van der Waals surface area (Å²) in [7, 11) is 0. The van der Waals surface area contributed by atoms with E-state index in [2.05, 4.69) is 0 Å². The number of nitrogens with one attached hydrogen (secondary N) is 1. The van der Waals surface area contributed by atoms with Crippen LogP contribution in [0, 0.1) is 0 Å². The highest BCUT2D eigenvalue weighted by atomic mass is 19.3.